The summed E-state index contributed by atoms with van der Waals surface area (Å²) >= 11 is 0. The molecule has 3 nitrogen and oxygen atoms in total. The molecule has 0 heterocycles. The second kappa shape index (κ2) is 37.6. The molecule has 0 aromatic heterocycles. The fourth-order valence-corrected chi connectivity index (χ4v) is 7.84. The largest absolute Gasteiger partial charge is 1.00 e. The third kappa shape index (κ3) is 32.3. The Kier molecular flexibility index (Phi) is 39.2. The molecule has 296 valence electrons. The number of carbonyl (C=O) groups is 1. The first-order valence-corrected chi connectivity index (χ1v) is 22.5. The first-order valence-electron chi connectivity index (χ1n) is 22.5. The van der Waals surface area contributed by atoms with Crippen LogP contribution in [0.4, 0.5) is 0 Å². The predicted octanol–water partition coefficient (Wildman–Crippen LogP) is 11.5. The number of halogens is 1. The second-order valence-corrected chi connectivity index (χ2v) is 16.4. The van der Waals surface area contributed by atoms with Gasteiger partial charge in [-0.1, -0.05) is 201 Å². The molecule has 0 spiro atoms. The van der Waals surface area contributed by atoms with Gasteiger partial charge >= 0.3 is 0 Å². The van der Waals surface area contributed by atoms with Crippen LogP contribution in [0.1, 0.15) is 252 Å². The van der Waals surface area contributed by atoms with Crippen molar-refractivity contribution in [2.24, 2.45) is 0 Å². The van der Waals surface area contributed by atoms with E-state index in [1.807, 2.05) is 0 Å². The number of hydrogen-bond donors (Lipinski definition) is 1. The van der Waals surface area contributed by atoms with E-state index in [2.05, 4.69) is 34.7 Å². The molecule has 0 rings (SSSR count). The Morgan fingerprint density at radius 3 is 1.02 bits per heavy atom. The van der Waals surface area contributed by atoms with Gasteiger partial charge < -0.3 is 22.0 Å². The quantitative estimate of drug-likeness (QED) is 0.0507. The van der Waals surface area contributed by atoms with Crippen LogP contribution >= 0.6 is 0 Å². The summed E-state index contributed by atoms with van der Waals surface area (Å²) in [6, 6.07) is 0. The Labute approximate surface area is 316 Å². The minimum atomic E-state index is -1.15. The van der Waals surface area contributed by atoms with E-state index < -0.39 is 5.60 Å². The van der Waals surface area contributed by atoms with E-state index in [9.17, 15) is 9.90 Å². The number of Topliss-reactive ketones (excluding diaryl/α,β-unsaturated/α-hetero) is 1. The van der Waals surface area contributed by atoms with Crippen LogP contribution in [0.3, 0.4) is 0 Å². The second-order valence-electron chi connectivity index (χ2n) is 16.4. The third-order valence-corrected chi connectivity index (χ3v) is 11.2. The summed E-state index contributed by atoms with van der Waals surface area (Å²) in [6.07, 6.45) is 44.0. The number of quaternary nitrogens is 1. The molecule has 0 aliphatic heterocycles. The lowest BCUT2D eigenvalue weighted by Crippen LogP contribution is -3.00. The van der Waals surface area contributed by atoms with E-state index in [-0.39, 0.29) is 18.2 Å². The topological polar surface area (TPSA) is 37.3 Å². The van der Waals surface area contributed by atoms with Crippen molar-refractivity contribution in [1.82, 2.24) is 0 Å². The Balaban J connectivity index is 0. The van der Waals surface area contributed by atoms with Gasteiger partial charge in [0.1, 0.15) is 6.54 Å². The lowest BCUT2D eigenvalue weighted by molar-refractivity contribution is -0.914. The van der Waals surface area contributed by atoms with E-state index in [1.165, 1.54) is 186 Å². The van der Waals surface area contributed by atoms with E-state index in [1.54, 1.807) is 0 Å². The molecule has 4 heteroatoms. The number of unbranched alkanes of at least 4 members (excludes halogenated alkanes) is 29. The van der Waals surface area contributed by atoms with Gasteiger partial charge in [-0.3, -0.25) is 4.79 Å². The first kappa shape index (κ1) is 51.0. The third-order valence-electron chi connectivity index (χ3n) is 11.2. The van der Waals surface area contributed by atoms with E-state index in [0.29, 0.717) is 19.4 Å². The van der Waals surface area contributed by atoms with E-state index in [4.69, 9.17) is 0 Å². The fraction of sp³-hybridized carbons (Fsp3) is 0.978. The summed E-state index contributed by atoms with van der Waals surface area (Å²) in [4.78, 5) is 13.9. The van der Waals surface area contributed by atoms with Gasteiger partial charge in [-0.25, -0.2) is 0 Å². The maximum Gasteiger partial charge on any atom is 0.171 e. The number of ketones is 1. The van der Waals surface area contributed by atoms with Crippen LogP contribution in [0.25, 0.3) is 0 Å². The van der Waals surface area contributed by atoms with Crippen LogP contribution in [0.15, 0.2) is 0 Å². The zero-order chi connectivity index (χ0) is 35.4. The maximum absolute atomic E-state index is 13.9. The number of aliphatic hydroxyl groups is 1. The number of likely N-dealkylation sites (N-methyl/N-ethyl adjacent to an activating group) is 1. The maximum atomic E-state index is 13.9. The molecule has 0 radical (unpaired) electrons. The van der Waals surface area contributed by atoms with Crippen LogP contribution in [0, 0.1) is 0 Å². The Morgan fingerprint density at radius 2 is 0.694 bits per heavy atom. The highest BCUT2D eigenvalue weighted by Gasteiger charge is 2.42. The number of hydrogen-bond acceptors (Lipinski definition) is 2. The van der Waals surface area contributed by atoms with Crippen molar-refractivity contribution in [2.75, 3.05) is 26.7 Å². The SMILES string of the molecule is CCCCCCCCCCCCCCC(O)(C[N+](C)(CCCCCCCC)CCCCCCCC)C(=O)CCCCCCCCCCC.[Cl-]. The molecule has 1 unspecified atom stereocenters. The molecule has 0 aromatic rings. The molecular weight excluding hydrogens is 622 g/mol. The van der Waals surface area contributed by atoms with Crippen LogP contribution in [0.5, 0.6) is 0 Å². The van der Waals surface area contributed by atoms with E-state index >= 15 is 0 Å². The lowest BCUT2D eigenvalue weighted by Gasteiger charge is -2.41. The number of rotatable bonds is 40. The van der Waals surface area contributed by atoms with Crippen molar-refractivity contribution < 1.29 is 26.8 Å². The summed E-state index contributed by atoms with van der Waals surface area (Å²) in [5.74, 6) is 0.156. The summed E-state index contributed by atoms with van der Waals surface area (Å²) in [5, 5.41) is 12.3. The molecule has 0 aliphatic carbocycles. The molecule has 0 fully saturated rings. The standard InChI is InChI=1S/C45H92NO2.ClH/c1-6-10-14-18-22-24-25-26-28-30-32-36-40-45(48,44(47)39-35-31-29-27-23-19-15-11-7-2)43-46(5,41-37-33-20-16-12-8-3)42-38-34-21-17-13-9-4;/h48H,6-43H2,1-5H3;1H/q+1;/p-1. The molecule has 0 bridgehead atoms. The van der Waals surface area contributed by atoms with Gasteiger partial charge in [-0.15, -0.1) is 0 Å². The zero-order valence-corrected chi connectivity index (χ0v) is 35.3. The average molecular weight is 715 g/mol. The first-order chi connectivity index (χ1) is 23.4. The average Bonchev–Trinajstić information content (AvgIpc) is 3.07. The fourth-order valence-electron chi connectivity index (χ4n) is 7.84. The smallest absolute Gasteiger partial charge is 0.171 e. The van der Waals surface area contributed by atoms with Crippen molar-refractivity contribution in [2.45, 2.75) is 258 Å². The highest BCUT2D eigenvalue weighted by molar-refractivity contribution is 5.87. The number of nitrogens with zero attached hydrogens (tertiary/aromatic N) is 1. The molecule has 0 saturated carbocycles. The monoisotopic (exact) mass is 714 g/mol. The molecule has 0 amide bonds. The van der Waals surface area contributed by atoms with Gasteiger partial charge in [0.15, 0.2) is 11.4 Å². The predicted molar refractivity (Wildman–Crippen MR) is 215 cm³/mol. The van der Waals surface area contributed by atoms with Gasteiger partial charge in [-0.05, 0) is 44.9 Å². The van der Waals surface area contributed by atoms with Crippen molar-refractivity contribution in [3.8, 4) is 0 Å². The minimum absolute atomic E-state index is 0. The van der Waals surface area contributed by atoms with Crippen molar-refractivity contribution in [1.29, 1.82) is 0 Å². The molecule has 0 aliphatic rings. The van der Waals surface area contributed by atoms with Crippen LogP contribution in [0.2, 0.25) is 0 Å². The molecule has 49 heavy (non-hydrogen) atoms. The molecular formula is C45H92ClNO2. The van der Waals surface area contributed by atoms with Crippen molar-refractivity contribution >= 4 is 5.78 Å². The summed E-state index contributed by atoms with van der Waals surface area (Å²) < 4.78 is 0.875. The number of carbonyl (C=O) groups excluding carboxylic acids is 1. The summed E-state index contributed by atoms with van der Waals surface area (Å²) in [6.45, 7) is 12.0. The molecule has 0 aromatic carbocycles. The lowest BCUT2D eigenvalue weighted by atomic mass is 9.86. The highest BCUT2D eigenvalue weighted by Crippen LogP contribution is 2.27. The van der Waals surface area contributed by atoms with Gasteiger partial charge in [0.2, 0.25) is 0 Å². The van der Waals surface area contributed by atoms with Crippen molar-refractivity contribution in [3.63, 3.8) is 0 Å². The van der Waals surface area contributed by atoms with Gasteiger partial charge in [0, 0.05) is 6.42 Å². The molecule has 0 saturated heterocycles. The highest BCUT2D eigenvalue weighted by atomic mass is 35.5. The van der Waals surface area contributed by atoms with Crippen LogP contribution < -0.4 is 12.4 Å². The van der Waals surface area contributed by atoms with E-state index in [0.717, 1.165) is 43.3 Å². The van der Waals surface area contributed by atoms with Crippen LogP contribution in [-0.4, -0.2) is 47.7 Å². The van der Waals surface area contributed by atoms with Gasteiger partial charge in [0.25, 0.3) is 0 Å². The van der Waals surface area contributed by atoms with Crippen LogP contribution in [-0.2, 0) is 4.79 Å². The summed E-state index contributed by atoms with van der Waals surface area (Å²) in [5.41, 5.74) is -1.15. The summed E-state index contributed by atoms with van der Waals surface area (Å²) in [7, 11) is 2.37. The zero-order valence-electron chi connectivity index (χ0n) is 34.6. The molecule has 1 atom stereocenters. The Morgan fingerprint density at radius 1 is 0.429 bits per heavy atom. The Bertz CT molecular complexity index is 654. The minimum Gasteiger partial charge on any atom is -1.00 e. The van der Waals surface area contributed by atoms with Gasteiger partial charge in [0.05, 0.1) is 20.1 Å². The normalized spacial score (nSPS) is 13.0. The Hall–Kier alpha value is -0.120. The van der Waals surface area contributed by atoms with Gasteiger partial charge in [-0.2, -0.15) is 0 Å². The van der Waals surface area contributed by atoms with Crippen molar-refractivity contribution in [3.05, 3.63) is 0 Å². The molecule has 1 N–H and O–H groups in total.